The van der Waals surface area contributed by atoms with E-state index in [-0.39, 0.29) is 25.2 Å². The first kappa shape index (κ1) is 27.7. The highest BCUT2D eigenvalue weighted by Gasteiger charge is 2.50. The Morgan fingerprint density at radius 2 is 1.38 bits per heavy atom. The summed E-state index contributed by atoms with van der Waals surface area (Å²) in [5, 5.41) is 0. The van der Waals surface area contributed by atoms with Crippen LogP contribution in [0.4, 0.5) is 13.2 Å². The zero-order chi connectivity index (χ0) is 25.2. The maximum absolute atomic E-state index is 13.5. The molecule has 1 atom stereocenters. The zero-order valence-electron chi connectivity index (χ0n) is 20.5. The van der Waals surface area contributed by atoms with Crippen molar-refractivity contribution in [1.29, 1.82) is 0 Å². The highest BCUT2D eigenvalue weighted by molar-refractivity contribution is 5.55. The summed E-state index contributed by atoms with van der Waals surface area (Å²) in [5.74, 6) is 1.18. The van der Waals surface area contributed by atoms with Gasteiger partial charge in [-0.25, -0.2) is 0 Å². The van der Waals surface area contributed by atoms with Gasteiger partial charge in [-0.15, -0.1) is 0 Å². The van der Waals surface area contributed by atoms with Crippen LogP contribution in [0.15, 0.2) is 43.0 Å². The molecule has 0 heterocycles. The van der Waals surface area contributed by atoms with E-state index in [1.165, 1.54) is 26.0 Å². The van der Waals surface area contributed by atoms with Gasteiger partial charge in [0.25, 0.3) is 0 Å². The third kappa shape index (κ3) is 7.00. The number of rotatable bonds is 14. The van der Waals surface area contributed by atoms with E-state index in [9.17, 15) is 13.2 Å². The lowest BCUT2D eigenvalue weighted by molar-refractivity contribution is -0.186. The monoisotopic (exact) mass is 480 g/mol. The van der Waals surface area contributed by atoms with Crippen LogP contribution in [-0.2, 0) is 28.1 Å². The van der Waals surface area contributed by atoms with E-state index in [2.05, 4.69) is 6.58 Å². The molecule has 2 aromatic rings. The third-order valence-electron chi connectivity index (χ3n) is 5.85. The number of alkyl halides is 3. The summed E-state index contributed by atoms with van der Waals surface area (Å²) < 4.78 is 63.5. The average Bonchev–Trinajstić information content (AvgIpc) is 2.83. The van der Waals surface area contributed by atoms with Crippen molar-refractivity contribution in [3.8, 4) is 11.5 Å². The van der Waals surface area contributed by atoms with E-state index in [0.29, 0.717) is 37.9 Å². The average molecular weight is 481 g/mol. The quantitative estimate of drug-likeness (QED) is 0.271. The molecule has 2 aromatic carbocycles. The van der Waals surface area contributed by atoms with E-state index in [0.717, 1.165) is 16.7 Å². The van der Waals surface area contributed by atoms with Crippen LogP contribution in [0.2, 0.25) is 0 Å². The first-order valence-corrected chi connectivity index (χ1v) is 11.6. The van der Waals surface area contributed by atoms with Gasteiger partial charge < -0.3 is 18.9 Å². The SMILES string of the molecule is C=Cc1cc(COCC)c(OCCOc2ccc(C(C)(CC)C(F)(F)F)cc2)c(COCC)c1. The number of hydrogen-bond donors (Lipinski definition) is 0. The number of benzene rings is 2. The molecule has 0 fully saturated rings. The molecule has 0 amide bonds. The topological polar surface area (TPSA) is 36.9 Å². The summed E-state index contributed by atoms with van der Waals surface area (Å²) in [5.41, 5.74) is 1.06. The van der Waals surface area contributed by atoms with E-state index < -0.39 is 11.6 Å². The fourth-order valence-electron chi connectivity index (χ4n) is 3.51. The van der Waals surface area contributed by atoms with Crippen molar-refractivity contribution < 1.29 is 32.1 Å². The standard InChI is InChI=1S/C27H35F3O4/c1-6-20-16-21(18-31-8-3)25(22(17-20)19-32-9-4)34-15-14-33-24-12-10-23(11-13-24)26(5,7-2)27(28,29)30/h6,10-13,16-17H,1,7-9,14-15,18-19H2,2-5H3. The van der Waals surface area contributed by atoms with Crippen LogP contribution < -0.4 is 9.47 Å². The Hall–Kier alpha value is -2.51. The Morgan fingerprint density at radius 1 is 0.853 bits per heavy atom. The highest BCUT2D eigenvalue weighted by atomic mass is 19.4. The van der Waals surface area contributed by atoms with Crippen LogP contribution in [0, 0.1) is 0 Å². The molecular formula is C27H35F3O4. The Kier molecular flexibility index (Phi) is 10.5. The minimum absolute atomic E-state index is 0.0383. The Balaban J connectivity index is 2.08. The largest absolute Gasteiger partial charge is 0.490 e. The van der Waals surface area contributed by atoms with Gasteiger partial charge in [-0.1, -0.05) is 31.7 Å². The van der Waals surface area contributed by atoms with Crippen LogP contribution in [0.25, 0.3) is 6.08 Å². The lowest BCUT2D eigenvalue weighted by atomic mass is 9.79. The van der Waals surface area contributed by atoms with Crippen molar-refractivity contribution in [2.24, 2.45) is 0 Å². The summed E-state index contributed by atoms with van der Waals surface area (Å²) in [4.78, 5) is 0. The zero-order valence-corrected chi connectivity index (χ0v) is 20.5. The van der Waals surface area contributed by atoms with Gasteiger partial charge in [0.15, 0.2) is 0 Å². The fraction of sp³-hybridized carbons (Fsp3) is 0.481. The van der Waals surface area contributed by atoms with Crippen LogP contribution in [-0.4, -0.2) is 32.6 Å². The smallest absolute Gasteiger partial charge is 0.398 e. The summed E-state index contributed by atoms with van der Waals surface area (Å²) in [6.07, 6.45) is -2.59. The van der Waals surface area contributed by atoms with Crippen LogP contribution in [0.1, 0.15) is 56.4 Å². The molecule has 0 aliphatic rings. The minimum atomic E-state index is -4.32. The molecule has 188 valence electrons. The summed E-state index contributed by atoms with van der Waals surface area (Å²) in [6, 6.07) is 10.0. The molecule has 1 unspecified atom stereocenters. The normalized spacial score (nSPS) is 13.4. The molecule has 0 aromatic heterocycles. The molecule has 0 bridgehead atoms. The summed E-state index contributed by atoms with van der Waals surface area (Å²) in [6.45, 7) is 12.9. The molecule has 0 aliphatic carbocycles. The molecule has 7 heteroatoms. The fourth-order valence-corrected chi connectivity index (χ4v) is 3.51. The van der Waals surface area contributed by atoms with Gasteiger partial charge in [0.2, 0.25) is 0 Å². The van der Waals surface area contributed by atoms with Crippen molar-refractivity contribution in [1.82, 2.24) is 0 Å². The van der Waals surface area contributed by atoms with E-state index in [4.69, 9.17) is 18.9 Å². The van der Waals surface area contributed by atoms with Crippen molar-refractivity contribution >= 4 is 6.08 Å². The van der Waals surface area contributed by atoms with Gasteiger partial charge in [-0.2, -0.15) is 13.2 Å². The lowest BCUT2D eigenvalue weighted by Crippen LogP contribution is -2.38. The molecule has 4 nitrogen and oxygen atoms in total. The molecule has 0 radical (unpaired) electrons. The minimum Gasteiger partial charge on any atom is -0.490 e. The molecule has 0 saturated carbocycles. The molecule has 0 saturated heterocycles. The maximum Gasteiger partial charge on any atom is 0.398 e. The van der Waals surface area contributed by atoms with Crippen molar-refractivity contribution in [3.05, 3.63) is 65.2 Å². The lowest BCUT2D eigenvalue weighted by Gasteiger charge is -2.31. The predicted octanol–water partition coefficient (Wildman–Crippen LogP) is 7.09. The van der Waals surface area contributed by atoms with Crippen LogP contribution >= 0.6 is 0 Å². The predicted molar refractivity (Wildman–Crippen MR) is 128 cm³/mol. The van der Waals surface area contributed by atoms with Gasteiger partial charge in [-0.3, -0.25) is 0 Å². The molecule has 34 heavy (non-hydrogen) atoms. The second-order valence-corrected chi connectivity index (χ2v) is 8.05. The first-order chi connectivity index (χ1) is 16.2. The van der Waals surface area contributed by atoms with Crippen LogP contribution in [0.3, 0.4) is 0 Å². The maximum atomic E-state index is 13.5. The van der Waals surface area contributed by atoms with Gasteiger partial charge >= 0.3 is 6.18 Å². The molecule has 2 rings (SSSR count). The first-order valence-electron chi connectivity index (χ1n) is 11.6. The van der Waals surface area contributed by atoms with Gasteiger partial charge in [-0.05, 0) is 62.6 Å². The Bertz CT molecular complexity index is 880. The number of hydrogen-bond acceptors (Lipinski definition) is 4. The van der Waals surface area contributed by atoms with E-state index in [1.54, 1.807) is 18.2 Å². The summed E-state index contributed by atoms with van der Waals surface area (Å²) >= 11 is 0. The van der Waals surface area contributed by atoms with Crippen molar-refractivity contribution in [3.63, 3.8) is 0 Å². The van der Waals surface area contributed by atoms with Crippen LogP contribution in [0.5, 0.6) is 11.5 Å². The number of halogens is 3. The van der Waals surface area contributed by atoms with Gasteiger partial charge in [0.1, 0.15) is 24.7 Å². The van der Waals surface area contributed by atoms with E-state index in [1.807, 2.05) is 26.0 Å². The second-order valence-electron chi connectivity index (χ2n) is 8.05. The van der Waals surface area contributed by atoms with Crippen molar-refractivity contribution in [2.45, 2.75) is 58.9 Å². The Labute approximate surface area is 200 Å². The molecule has 0 N–H and O–H groups in total. The molecular weight excluding hydrogens is 445 g/mol. The van der Waals surface area contributed by atoms with Gasteiger partial charge in [0.05, 0.1) is 18.6 Å². The molecule has 0 aliphatic heterocycles. The Morgan fingerprint density at radius 3 is 1.82 bits per heavy atom. The second kappa shape index (κ2) is 12.8. The molecule has 0 spiro atoms. The number of ether oxygens (including phenoxy) is 4. The van der Waals surface area contributed by atoms with Gasteiger partial charge in [0, 0.05) is 24.3 Å². The van der Waals surface area contributed by atoms with E-state index >= 15 is 0 Å². The summed E-state index contributed by atoms with van der Waals surface area (Å²) in [7, 11) is 0. The highest BCUT2D eigenvalue weighted by Crippen LogP contribution is 2.43. The third-order valence-corrected chi connectivity index (χ3v) is 5.85. The van der Waals surface area contributed by atoms with Crippen molar-refractivity contribution in [2.75, 3.05) is 26.4 Å².